The Balaban J connectivity index is 1.67. The summed E-state index contributed by atoms with van der Waals surface area (Å²) in [5, 5.41) is 12.3. The topological polar surface area (TPSA) is 89.0 Å². The summed E-state index contributed by atoms with van der Waals surface area (Å²) in [7, 11) is 0. The number of thiazole rings is 1. The maximum absolute atomic E-state index is 13.5. The van der Waals surface area contributed by atoms with Crippen molar-refractivity contribution in [3.8, 4) is 11.5 Å². The molecular weight excluding hydrogens is 524 g/mol. The molecule has 1 atom stereocenters. The van der Waals surface area contributed by atoms with Crippen LogP contribution in [-0.2, 0) is 9.59 Å². The van der Waals surface area contributed by atoms with Gasteiger partial charge in [0.2, 0.25) is 0 Å². The third kappa shape index (κ3) is 4.76. The summed E-state index contributed by atoms with van der Waals surface area (Å²) < 4.78 is 11.9. The first kappa shape index (κ1) is 25.5. The van der Waals surface area contributed by atoms with Gasteiger partial charge in [0.25, 0.3) is 5.78 Å². The van der Waals surface area contributed by atoms with Gasteiger partial charge in [0.05, 0.1) is 28.4 Å². The molecule has 3 aromatic carbocycles. The van der Waals surface area contributed by atoms with Crippen molar-refractivity contribution in [3.05, 3.63) is 101 Å². The Morgan fingerprint density at radius 3 is 2.63 bits per heavy atom. The number of nitrogens with zero attached hydrogens (tertiary/aromatic N) is 2. The molecule has 2 heterocycles. The molecule has 0 saturated carbocycles. The minimum absolute atomic E-state index is 0.0410. The van der Waals surface area contributed by atoms with E-state index in [1.165, 1.54) is 16.2 Å². The van der Waals surface area contributed by atoms with Crippen LogP contribution < -0.4 is 14.4 Å². The maximum atomic E-state index is 13.5. The predicted octanol–water partition coefficient (Wildman–Crippen LogP) is 6.54. The number of halogens is 1. The van der Waals surface area contributed by atoms with E-state index in [4.69, 9.17) is 21.1 Å². The SMILES string of the molecule is C=CCOc1ccc(C2/C(=C(\O)c3cccc(OCC)c3)C(=O)C(=O)N2c2nc3ccc(Cl)cc3s2)cc1. The Hall–Kier alpha value is -4.14. The van der Waals surface area contributed by atoms with Gasteiger partial charge in [0.15, 0.2) is 5.13 Å². The highest BCUT2D eigenvalue weighted by molar-refractivity contribution is 7.22. The Bertz CT molecular complexity index is 1580. The lowest BCUT2D eigenvalue weighted by Gasteiger charge is -2.23. The molecule has 1 amide bonds. The summed E-state index contributed by atoms with van der Waals surface area (Å²) in [4.78, 5) is 32.9. The molecule has 0 aliphatic carbocycles. The number of amides is 1. The molecule has 1 aromatic heterocycles. The van der Waals surface area contributed by atoms with Crippen LogP contribution in [-0.4, -0.2) is 35.0 Å². The van der Waals surface area contributed by atoms with Gasteiger partial charge >= 0.3 is 5.91 Å². The number of aliphatic hydroxyl groups excluding tert-OH is 1. The third-order valence-electron chi connectivity index (χ3n) is 5.97. The average Bonchev–Trinajstić information content (AvgIpc) is 3.45. The number of ether oxygens (including phenoxy) is 2. The largest absolute Gasteiger partial charge is 0.507 e. The van der Waals surface area contributed by atoms with E-state index in [2.05, 4.69) is 11.6 Å². The lowest BCUT2D eigenvalue weighted by molar-refractivity contribution is -0.132. The van der Waals surface area contributed by atoms with Crippen molar-refractivity contribution in [2.75, 3.05) is 18.1 Å². The highest BCUT2D eigenvalue weighted by atomic mass is 35.5. The molecule has 5 rings (SSSR count). The Morgan fingerprint density at radius 2 is 1.89 bits per heavy atom. The van der Waals surface area contributed by atoms with E-state index in [0.717, 1.165) is 4.70 Å². The lowest BCUT2D eigenvalue weighted by atomic mass is 9.95. The van der Waals surface area contributed by atoms with Gasteiger partial charge in [0, 0.05) is 10.6 Å². The van der Waals surface area contributed by atoms with E-state index in [1.54, 1.807) is 72.8 Å². The van der Waals surface area contributed by atoms with E-state index >= 15 is 0 Å². The van der Waals surface area contributed by atoms with Crippen LogP contribution in [0.2, 0.25) is 5.02 Å². The van der Waals surface area contributed by atoms with Crippen LogP contribution in [0.5, 0.6) is 11.5 Å². The molecule has 1 aliphatic heterocycles. The minimum atomic E-state index is -0.921. The first-order chi connectivity index (χ1) is 18.4. The van der Waals surface area contributed by atoms with Crippen LogP contribution in [0, 0.1) is 0 Å². The number of hydrogen-bond acceptors (Lipinski definition) is 7. The molecule has 0 radical (unpaired) electrons. The van der Waals surface area contributed by atoms with Crippen molar-refractivity contribution < 1.29 is 24.2 Å². The van der Waals surface area contributed by atoms with E-state index in [1.807, 2.05) is 6.92 Å². The molecular formula is C29H23ClN2O5S. The molecule has 1 N–H and O–H groups in total. The highest BCUT2D eigenvalue weighted by Crippen LogP contribution is 2.45. The molecule has 0 bridgehead atoms. The Morgan fingerprint density at radius 1 is 1.11 bits per heavy atom. The Labute approximate surface area is 228 Å². The van der Waals surface area contributed by atoms with Crippen molar-refractivity contribution in [3.63, 3.8) is 0 Å². The fourth-order valence-electron chi connectivity index (χ4n) is 4.29. The van der Waals surface area contributed by atoms with Crippen LogP contribution in [0.4, 0.5) is 5.13 Å². The number of aliphatic hydroxyl groups is 1. The number of carbonyl (C=O) groups excluding carboxylic acids is 2. The van der Waals surface area contributed by atoms with E-state index in [-0.39, 0.29) is 11.3 Å². The van der Waals surface area contributed by atoms with E-state index < -0.39 is 17.7 Å². The summed E-state index contributed by atoms with van der Waals surface area (Å²) in [5.41, 5.74) is 1.57. The molecule has 9 heteroatoms. The lowest BCUT2D eigenvalue weighted by Crippen LogP contribution is -2.29. The van der Waals surface area contributed by atoms with Crippen LogP contribution in [0.15, 0.2) is 85.0 Å². The molecule has 38 heavy (non-hydrogen) atoms. The summed E-state index contributed by atoms with van der Waals surface area (Å²) >= 11 is 7.40. The van der Waals surface area contributed by atoms with Crippen LogP contribution in [0.25, 0.3) is 16.0 Å². The summed E-state index contributed by atoms with van der Waals surface area (Å²) in [6, 6.07) is 18.1. The van der Waals surface area contributed by atoms with Gasteiger partial charge in [0.1, 0.15) is 23.9 Å². The van der Waals surface area contributed by atoms with Gasteiger partial charge in [-0.1, -0.05) is 59.9 Å². The zero-order valence-electron chi connectivity index (χ0n) is 20.4. The first-order valence-electron chi connectivity index (χ1n) is 11.8. The zero-order valence-corrected chi connectivity index (χ0v) is 22.0. The number of carbonyl (C=O) groups is 2. The number of benzene rings is 3. The zero-order chi connectivity index (χ0) is 26.8. The van der Waals surface area contributed by atoms with Crippen molar-refractivity contribution in [1.82, 2.24) is 4.98 Å². The summed E-state index contributed by atoms with van der Waals surface area (Å²) in [5.74, 6) is -0.750. The molecule has 192 valence electrons. The molecule has 4 aromatic rings. The van der Waals surface area contributed by atoms with Crippen LogP contribution in [0.3, 0.4) is 0 Å². The standard InChI is InChI=1S/C29H23ClN2O5S/c1-3-14-37-20-11-8-17(9-12-20)25-24(26(33)18-6-5-7-21(15-18)36-4-2)27(34)28(35)32(25)29-31-22-13-10-19(30)16-23(22)38-29/h3,5-13,15-16,25,33H,1,4,14H2,2H3/b26-24+. The monoisotopic (exact) mass is 546 g/mol. The summed E-state index contributed by atoms with van der Waals surface area (Å²) in [6.07, 6.45) is 1.64. The van der Waals surface area contributed by atoms with Crippen molar-refractivity contribution >= 4 is 55.7 Å². The first-order valence-corrected chi connectivity index (χ1v) is 13.0. The van der Waals surface area contributed by atoms with Gasteiger partial charge in [-0.3, -0.25) is 14.5 Å². The second-order valence-corrected chi connectivity index (χ2v) is 9.85. The second kappa shape index (κ2) is 10.7. The van der Waals surface area contributed by atoms with Gasteiger partial charge in [-0.25, -0.2) is 4.98 Å². The molecule has 1 unspecified atom stereocenters. The number of anilines is 1. The molecule has 1 saturated heterocycles. The van der Waals surface area contributed by atoms with Gasteiger partial charge < -0.3 is 14.6 Å². The van der Waals surface area contributed by atoms with Crippen LogP contribution >= 0.6 is 22.9 Å². The van der Waals surface area contributed by atoms with Gasteiger partial charge in [-0.05, 0) is 55.0 Å². The van der Waals surface area contributed by atoms with Crippen molar-refractivity contribution in [2.24, 2.45) is 0 Å². The number of fused-ring (bicyclic) bond motifs is 1. The van der Waals surface area contributed by atoms with Gasteiger partial charge in [-0.15, -0.1) is 0 Å². The number of rotatable bonds is 8. The smallest absolute Gasteiger partial charge is 0.301 e. The predicted molar refractivity (Wildman–Crippen MR) is 149 cm³/mol. The van der Waals surface area contributed by atoms with Crippen LogP contribution in [0.1, 0.15) is 24.1 Å². The maximum Gasteiger partial charge on any atom is 0.301 e. The number of aromatic nitrogens is 1. The third-order valence-corrected chi connectivity index (χ3v) is 7.22. The Kier molecular flexibility index (Phi) is 7.18. The van der Waals surface area contributed by atoms with Gasteiger partial charge in [-0.2, -0.15) is 0 Å². The number of Topliss-reactive ketones (excluding diaryl/α,β-unsaturated/α-hetero) is 1. The molecule has 0 spiro atoms. The highest BCUT2D eigenvalue weighted by Gasteiger charge is 2.48. The van der Waals surface area contributed by atoms with E-state index in [9.17, 15) is 14.7 Å². The fraction of sp³-hybridized carbons (Fsp3) is 0.138. The number of hydrogen-bond donors (Lipinski definition) is 1. The number of ketones is 1. The summed E-state index contributed by atoms with van der Waals surface area (Å²) in [6.45, 7) is 6.28. The minimum Gasteiger partial charge on any atom is -0.507 e. The van der Waals surface area contributed by atoms with Crippen molar-refractivity contribution in [2.45, 2.75) is 13.0 Å². The molecule has 1 aliphatic rings. The average molecular weight is 547 g/mol. The quantitative estimate of drug-likeness (QED) is 0.117. The normalized spacial score (nSPS) is 16.7. The second-order valence-electron chi connectivity index (χ2n) is 8.41. The molecule has 7 nitrogen and oxygen atoms in total. The van der Waals surface area contributed by atoms with Crippen molar-refractivity contribution in [1.29, 1.82) is 0 Å². The fourth-order valence-corrected chi connectivity index (χ4v) is 5.56. The van der Waals surface area contributed by atoms with E-state index in [0.29, 0.717) is 51.5 Å². The molecule has 1 fully saturated rings.